The van der Waals surface area contributed by atoms with E-state index in [-0.39, 0.29) is 0 Å². The van der Waals surface area contributed by atoms with E-state index in [1.54, 1.807) is 18.5 Å². The highest BCUT2D eigenvalue weighted by molar-refractivity contribution is 7.70. The van der Waals surface area contributed by atoms with Gasteiger partial charge in [-0.1, -0.05) is 29.8 Å². The van der Waals surface area contributed by atoms with Gasteiger partial charge in [0, 0.05) is 29.1 Å². The van der Waals surface area contributed by atoms with Gasteiger partial charge in [0.05, 0.1) is 11.2 Å². The molecule has 144 valence electrons. The second-order valence-corrected chi connectivity index (χ2v) is 7.57. The third kappa shape index (κ3) is 3.58. The number of hydrogen-bond donors (Lipinski definition) is 3. The first-order valence-electron chi connectivity index (χ1n) is 8.61. The number of H-pyrrole nitrogens is 1. The highest BCUT2D eigenvalue weighted by Gasteiger charge is 2.15. The Morgan fingerprint density at radius 1 is 1.14 bits per heavy atom. The molecule has 0 saturated heterocycles. The predicted octanol–water partition coefficient (Wildman–Crippen LogP) is 3.62. The zero-order chi connectivity index (χ0) is 19.7. The van der Waals surface area contributed by atoms with E-state index in [1.165, 1.54) is 6.07 Å². The van der Waals surface area contributed by atoms with Crippen LogP contribution in [0.25, 0.3) is 32.9 Å². The number of aryl methyl sites for hydroxylation is 1. The lowest BCUT2D eigenvalue weighted by atomic mass is 9.97. The van der Waals surface area contributed by atoms with Crippen molar-refractivity contribution in [2.45, 2.75) is 12.8 Å². The summed E-state index contributed by atoms with van der Waals surface area (Å²) in [6.07, 6.45) is 4.52. The van der Waals surface area contributed by atoms with Gasteiger partial charge < -0.3 is 0 Å². The Morgan fingerprint density at radius 3 is 2.82 bits per heavy atom. The summed E-state index contributed by atoms with van der Waals surface area (Å²) in [7, 11) is -2.62. The number of pyridine rings is 1. The van der Waals surface area contributed by atoms with Crippen LogP contribution in [0.5, 0.6) is 0 Å². The maximum atomic E-state index is 14.6. The van der Waals surface area contributed by atoms with Crippen molar-refractivity contribution in [1.82, 2.24) is 19.9 Å². The van der Waals surface area contributed by atoms with E-state index in [0.29, 0.717) is 41.2 Å². The van der Waals surface area contributed by atoms with Gasteiger partial charge >= 0.3 is 0 Å². The molecule has 0 spiro atoms. The molecule has 0 saturated carbocycles. The van der Waals surface area contributed by atoms with Gasteiger partial charge in [0.15, 0.2) is 5.65 Å². The lowest BCUT2D eigenvalue weighted by Gasteiger charge is -2.12. The largest absolute Gasteiger partial charge is 0.261 e. The molecule has 6 nitrogen and oxygen atoms in total. The van der Waals surface area contributed by atoms with Gasteiger partial charge in [-0.3, -0.25) is 5.10 Å². The summed E-state index contributed by atoms with van der Waals surface area (Å²) >= 11 is 6.51. The monoisotopic (exact) mass is 418 g/mol. The average molecular weight is 419 g/mol. The maximum absolute atomic E-state index is 14.6. The maximum Gasteiger partial charge on any atom is 0.201 e. The molecule has 4 rings (SSSR count). The zero-order valence-corrected chi connectivity index (χ0v) is 16.2. The van der Waals surface area contributed by atoms with Gasteiger partial charge in [-0.15, -0.1) is 0 Å². The van der Waals surface area contributed by atoms with Gasteiger partial charge in [-0.2, -0.15) is 5.10 Å². The number of benzene rings is 2. The number of nitrogens with one attached hydrogen (secondary N) is 2. The van der Waals surface area contributed by atoms with E-state index in [9.17, 15) is 12.8 Å². The minimum absolute atomic E-state index is 0.310. The number of fused-ring (bicyclic) bond motifs is 3. The second-order valence-electron chi connectivity index (χ2n) is 6.36. The van der Waals surface area contributed by atoms with Crippen LogP contribution < -0.4 is 4.72 Å². The first-order chi connectivity index (χ1) is 13.5. The van der Waals surface area contributed by atoms with Crippen molar-refractivity contribution in [2.75, 3.05) is 6.54 Å². The van der Waals surface area contributed by atoms with Crippen molar-refractivity contribution in [1.29, 1.82) is 0 Å². The van der Waals surface area contributed by atoms with E-state index in [0.717, 1.165) is 21.7 Å². The number of nitrogens with zero attached hydrogens (tertiary/aromatic N) is 2. The van der Waals surface area contributed by atoms with Crippen LogP contribution in [-0.4, -0.2) is 30.1 Å². The number of aromatic nitrogens is 3. The molecule has 0 atom stereocenters. The molecule has 4 aromatic rings. The van der Waals surface area contributed by atoms with Gasteiger partial charge in [-0.25, -0.2) is 22.5 Å². The molecule has 2 N–H and O–H groups in total. The fourth-order valence-electron chi connectivity index (χ4n) is 3.28. The Hall–Kier alpha value is -2.55. The van der Waals surface area contributed by atoms with Crippen molar-refractivity contribution in [3.63, 3.8) is 0 Å². The third-order valence-electron chi connectivity index (χ3n) is 4.62. The number of halogens is 2. The van der Waals surface area contributed by atoms with Gasteiger partial charge in [0.1, 0.15) is 5.82 Å². The molecule has 28 heavy (non-hydrogen) atoms. The van der Waals surface area contributed by atoms with Gasteiger partial charge in [-0.05, 0) is 41.5 Å². The zero-order valence-electron chi connectivity index (χ0n) is 14.6. The van der Waals surface area contributed by atoms with E-state index < -0.39 is 16.7 Å². The summed E-state index contributed by atoms with van der Waals surface area (Å²) in [5, 5.41) is 9.89. The predicted molar refractivity (Wildman–Crippen MR) is 108 cm³/mol. The van der Waals surface area contributed by atoms with Crippen molar-refractivity contribution < 1.29 is 12.8 Å². The number of hydrogen-bond acceptors (Lipinski definition) is 4. The van der Waals surface area contributed by atoms with E-state index in [1.807, 2.05) is 18.2 Å². The van der Waals surface area contributed by atoms with Crippen LogP contribution in [0.3, 0.4) is 0 Å². The average Bonchev–Trinajstić information content (AvgIpc) is 3.15. The van der Waals surface area contributed by atoms with Crippen LogP contribution in [0, 0.1) is 5.82 Å². The van der Waals surface area contributed by atoms with E-state index in [4.69, 9.17) is 11.6 Å². The highest BCUT2D eigenvalue weighted by atomic mass is 35.5. The summed E-state index contributed by atoms with van der Waals surface area (Å²) in [6.45, 7) is 0.310. The summed E-state index contributed by atoms with van der Waals surface area (Å²) in [5.74, 6) is -0.411. The number of rotatable bonds is 6. The number of thiol groups is 1. The Balaban J connectivity index is 1.71. The van der Waals surface area contributed by atoms with Crippen LogP contribution >= 0.6 is 11.6 Å². The van der Waals surface area contributed by atoms with Gasteiger partial charge in [0.2, 0.25) is 10.9 Å². The Labute approximate surface area is 166 Å². The molecule has 0 aliphatic heterocycles. The van der Waals surface area contributed by atoms with Crippen LogP contribution in [0.4, 0.5) is 4.39 Å². The molecule has 0 radical (unpaired) electrons. The Morgan fingerprint density at radius 2 is 2.00 bits per heavy atom. The van der Waals surface area contributed by atoms with Crippen molar-refractivity contribution in [3.8, 4) is 11.1 Å². The second kappa shape index (κ2) is 7.83. The standard InChI is InChI=1S/C19H16ClFN4O2S/c20-18-11(2-1-7-24-28(26)27)4-6-16(21)17(18)12-3-5-14-13(8-12)9-22-19-15(14)10-23-25-19/h3-6,8-10,28H,1-2,7H2,(H,22,23,25)(H,24,26,27). The van der Waals surface area contributed by atoms with Gasteiger partial charge in [0.25, 0.3) is 0 Å². The molecule has 0 bridgehead atoms. The summed E-state index contributed by atoms with van der Waals surface area (Å²) in [4.78, 5) is 4.33. The van der Waals surface area contributed by atoms with Crippen molar-refractivity contribution in [2.24, 2.45) is 0 Å². The molecular formula is C19H16ClFN4O2S. The molecule has 2 aromatic carbocycles. The van der Waals surface area contributed by atoms with Crippen molar-refractivity contribution >= 4 is 44.3 Å². The first kappa shape index (κ1) is 18.8. The van der Waals surface area contributed by atoms with E-state index >= 15 is 0 Å². The van der Waals surface area contributed by atoms with Crippen LogP contribution in [0.2, 0.25) is 5.02 Å². The fourth-order valence-corrected chi connectivity index (χ4v) is 3.98. The SMILES string of the molecule is O=[SH](=O)NCCCc1ccc(F)c(-c2ccc3c(cnc4[nH]ncc43)c2)c1Cl. The lowest BCUT2D eigenvalue weighted by Crippen LogP contribution is -2.13. The molecular weight excluding hydrogens is 403 g/mol. The molecule has 0 aliphatic carbocycles. The summed E-state index contributed by atoms with van der Waals surface area (Å²) in [6, 6.07) is 8.61. The normalized spacial score (nSPS) is 11.7. The van der Waals surface area contributed by atoms with E-state index in [2.05, 4.69) is 19.9 Å². The smallest absolute Gasteiger partial charge is 0.201 e. The minimum atomic E-state index is -2.62. The molecule has 2 aromatic heterocycles. The Bertz CT molecular complexity index is 1250. The molecule has 9 heteroatoms. The molecule has 0 aliphatic rings. The summed E-state index contributed by atoms with van der Waals surface area (Å²) in [5.41, 5.74) is 2.45. The molecule has 2 heterocycles. The highest BCUT2D eigenvalue weighted by Crippen LogP contribution is 2.36. The number of aromatic amines is 1. The minimum Gasteiger partial charge on any atom is -0.261 e. The third-order valence-corrected chi connectivity index (χ3v) is 5.53. The Kier molecular flexibility index (Phi) is 5.25. The first-order valence-corrected chi connectivity index (χ1v) is 10.2. The molecule has 0 amide bonds. The summed E-state index contributed by atoms with van der Waals surface area (Å²) < 4.78 is 38.1. The van der Waals surface area contributed by atoms with Crippen LogP contribution in [0.15, 0.2) is 42.7 Å². The fraction of sp³-hybridized carbons (Fsp3) is 0.158. The van der Waals surface area contributed by atoms with Crippen LogP contribution in [0.1, 0.15) is 12.0 Å². The molecule has 0 unspecified atom stereocenters. The quantitative estimate of drug-likeness (QED) is 0.329. The molecule has 0 fully saturated rings. The van der Waals surface area contributed by atoms with Crippen LogP contribution in [-0.2, 0) is 17.3 Å². The topological polar surface area (TPSA) is 87.7 Å². The lowest BCUT2D eigenvalue weighted by molar-refractivity contribution is 0.599. The van der Waals surface area contributed by atoms with Crippen molar-refractivity contribution in [3.05, 3.63) is 59.1 Å².